The SMILES string of the molecule is CC(C)Oc1ccc(-c2ccc(C(=O)NS(=O)(=O)c3cccc(N)n3)c(N3CCCC(C(F)C(F)F)C3)n2)cn1. The lowest BCUT2D eigenvalue weighted by atomic mass is 9.93. The van der Waals surface area contributed by atoms with Gasteiger partial charge >= 0.3 is 0 Å². The predicted molar refractivity (Wildman–Crippen MR) is 142 cm³/mol. The van der Waals surface area contributed by atoms with Crippen LogP contribution >= 0.6 is 0 Å². The highest BCUT2D eigenvalue weighted by molar-refractivity contribution is 7.90. The van der Waals surface area contributed by atoms with Gasteiger partial charge in [-0.1, -0.05) is 6.07 Å². The zero-order chi connectivity index (χ0) is 29.0. The number of alkyl halides is 3. The molecule has 2 atom stereocenters. The summed E-state index contributed by atoms with van der Waals surface area (Å²) in [6.45, 7) is 3.88. The molecule has 0 spiro atoms. The highest BCUT2D eigenvalue weighted by atomic mass is 32.2. The van der Waals surface area contributed by atoms with Crippen molar-refractivity contribution >= 4 is 27.6 Å². The van der Waals surface area contributed by atoms with Crippen molar-refractivity contribution < 1.29 is 31.1 Å². The number of aromatic nitrogens is 3. The van der Waals surface area contributed by atoms with Crippen molar-refractivity contribution in [3.63, 3.8) is 0 Å². The smallest absolute Gasteiger partial charge is 0.281 e. The summed E-state index contributed by atoms with van der Waals surface area (Å²) in [5, 5.41) is -0.461. The molecule has 3 aromatic rings. The maximum Gasteiger partial charge on any atom is 0.281 e. The Kier molecular flexibility index (Phi) is 8.76. The van der Waals surface area contributed by atoms with Crippen molar-refractivity contribution in [3.05, 3.63) is 54.2 Å². The van der Waals surface area contributed by atoms with Crippen LogP contribution in [-0.2, 0) is 10.0 Å². The second kappa shape index (κ2) is 12.1. The maximum atomic E-state index is 14.3. The number of nitrogens with zero attached hydrogens (tertiary/aromatic N) is 4. The topological polar surface area (TPSA) is 140 Å². The normalized spacial score (nSPS) is 16.7. The number of hydrogen-bond donors (Lipinski definition) is 2. The molecular formula is C26H29F3N6O4S. The van der Waals surface area contributed by atoms with E-state index in [0.717, 1.165) is 0 Å². The number of carbonyl (C=O) groups is 1. The lowest BCUT2D eigenvalue weighted by Crippen LogP contribution is -2.42. The van der Waals surface area contributed by atoms with E-state index in [1.54, 1.807) is 12.1 Å². The first-order chi connectivity index (χ1) is 18.9. The zero-order valence-electron chi connectivity index (χ0n) is 21.8. The summed E-state index contributed by atoms with van der Waals surface area (Å²) in [5.41, 5.74) is 6.38. The molecule has 3 aromatic heterocycles. The predicted octanol–water partition coefficient (Wildman–Crippen LogP) is 3.85. The highest BCUT2D eigenvalue weighted by Gasteiger charge is 2.35. The molecule has 40 heavy (non-hydrogen) atoms. The number of piperidine rings is 1. The Balaban J connectivity index is 1.70. The van der Waals surface area contributed by atoms with E-state index in [0.29, 0.717) is 30.1 Å². The average molecular weight is 579 g/mol. The van der Waals surface area contributed by atoms with Crippen molar-refractivity contribution in [3.8, 4) is 17.1 Å². The van der Waals surface area contributed by atoms with Crippen LogP contribution in [0.1, 0.15) is 37.0 Å². The Bertz CT molecular complexity index is 1460. The number of amides is 1. The molecule has 214 valence electrons. The first-order valence-corrected chi connectivity index (χ1v) is 14.0. The van der Waals surface area contributed by atoms with Crippen LogP contribution in [0, 0.1) is 5.92 Å². The third kappa shape index (κ3) is 6.79. The summed E-state index contributed by atoms with van der Waals surface area (Å²) in [7, 11) is -4.41. The largest absolute Gasteiger partial charge is 0.475 e. The van der Waals surface area contributed by atoms with Gasteiger partial charge in [-0.25, -0.2) is 32.8 Å². The van der Waals surface area contributed by atoms with Gasteiger partial charge in [-0.2, -0.15) is 8.42 Å². The van der Waals surface area contributed by atoms with E-state index >= 15 is 0 Å². The van der Waals surface area contributed by atoms with Crippen molar-refractivity contribution in [2.75, 3.05) is 23.7 Å². The molecule has 0 bridgehead atoms. The van der Waals surface area contributed by atoms with E-state index in [9.17, 15) is 26.4 Å². The van der Waals surface area contributed by atoms with Crippen LogP contribution in [0.2, 0.25) is 0 Å². The maximum absolute atomic E-state index is 14.3. The van der Waals surface area contributed by atoms with E-state index in [1.165, 1.54) is 41.4 Å². The van der Waals surface area contributed by atoms with E-state index in [1.807, 2.05) is 18.6 Å². The number of nitrogens with two attached hydrogens (primary N) is 1. The molecule has 0 aliphatic carbocycles. The highest BCUT2D eigenvalue weighted by Crippen LogP contribution is 2.32. The Hall–Kier alpha value is -3.94. The minimum Gasteiger partial charge on any atom is -0.475 e. The van der Waals surface area contributed by atoms with E-state index in [-0.39, 0.29) is 36.3 Å². The van der Waals surface area contributed by atoms with Gasteiger partial charge in [0.25, 0.3) is 22.4 Å². The summed E-state index contributed by atoms with van der Waals surface area (Å²) in [6, 6.07) is 10.2. The fourth-order valence-corrected chi connectivity index (χ4v) is 5.29. The van der Waals surface area contributed by atoms with Crippen LogP contribution in [0.4, 0.5) is 24.8 Å². The Labute approximate surface area is 229 Å². The summed E-state index contributed by atoms with van der Waals surface area (Å²) in [6.07, 6.45) is -3.46. The lowest BCUT2D eigenvalue weighted by molar-refractivity contribution is 0.0122. The van der Waals surface area contributed by atoms with Gasteiger partial charge in [0.2, 0.25) is 5.88 Å². The van der Waals surface area contributed by atoms with Crippen LogP contribution in [0.3, 0.4) is 0 Å². The van der Waals surface area contributed by atoms with Gasteiger partial charge in [-0.15, -0.1) is 0 Å². The van der Waals surface area contributed by atoms with Crippen LogP contribution in [0.25, 0.3) is 11.3 Å². The molecule has 14 heteroatoms. The number of ether oxygens (including phenoxy) is 1. The quantitative estimate of drug-likeness (QED) is 0.387. The van der Waals surface area contributed by atoms with Gasteiger partial charge in [0.15, 0.2) is 11.2 Å². The molecule has 0 aromatic carbocycles. The van der Waals surface area contributed by atoms with Crippen LogP contribution in [0.5, 0.6) is 5.88 Å². The fourth-order valence-electron chi connectivity index (χ4n) is 4.35. The van der Waals surface area contributed by atoms with Crippen molar-refractivity contribution in [1.29, 1.82) is 0 Å². The molecule has 4 heterocycles. The van der Waals surface area contributed by atoms with Gasteiger partial charge in [-0.3, -0.25) is 4.79 Å². The van der Waals surface area contributed by atoms with Gasteiger partial charge in [0.1, 0.15) is 11.6 Å². The van der Waals surface area contributed by atoms with Gasteiger partial charge in [0.05, 0.1) is 17.4 Å². The zero-order valence-corrected chi connectivity index (χ0v) is 22.6. The third-order valence-corrected chi connectivity index (χ3v) is 7.44. The summed E-state index contributed by atoms with van der Waals surface area (Å²) in [5.74, 6) is -1.65. The Morgan fingerprint density at radius 1 is 1.12 bits per heavy atom. The summed E-state index contributed by atoms with van der Waals surface area (Å²) < 4.78 is 73.8. The van der Waals surface area contributed by atoms with Gasteiger partial charge in [0, 0.05) is 36.8 Å². The molecule has 1 saturated heterocycles. The van der Waals surface area contributed by atoms with E-state index < -0.39 is 39.5 Å². The molecule has 4 rings (SSSR count). The second-order valence-electron chi connectivity index (χ2n) is 9.58. The second-order valence-corrected chi connectivity index (χ2v) is 11.2. The molecule has 0 saturated carbocycles. The van der Waals surface area contributed by atoms with Crippen molar-refractivity contribution in [2.45, 2.75) is 50.4 Å². The van der Waals surface area contributed by atoms with E-state index in [4.69, 9.17) is 10.5 Å². The molecule has 1 fully saturated rings. The monoisotopic (exact) mass is 578 g/mol. The van der Waals surface area contributed by atoms with Gasteiger partial charge in [-0.05, 0) is 57.0 Å². The number of halogens is 3. The summed E-state index contributed by atoms with van der Waals surface area (Å²) >= 11 is 0. The van der Waals surface area contributed by atoms with Crippen molar-refractivity contribution in [1.82, 2.24) is 19.7 Å². The molecule has 3 N–H and O–H groups in total. The average Bonchev–Trinajstić information content (AvgIpc) is 2.92. The standard InChI is InChI=1S/C26H29F3N6O4S/c1-15(2)39-21-11-8-16(13-31-21)19-10-9-18(26(36)34-40(37,38)22-7-3-6-20(30)33-22)25(32-19)35-12-4-5-17(14-35)23(27)24(28)29/h3,6-11,13,15,17,23-24H,4-5,12,14H2,1-2H3,(H2,30,33)(H,34,36). The van der Waals surface area contributed by atoms with Gasteiger partial charge < -0.3 is 15.4 Å². The molecule has 0 radical (unpaired) electrons. The molecule has 1 aliphatic heterocycles. The Morgan fingerprint density at radius 3 is 2.55 bits per heavy atom. The number of hydrogen-bond acceptors (Lipinski definition) is 9. The fraction of sp³-hybridized carbons (Fsp3) is 0.385. The minimum absolute atomic E-state index is 0.0272. The number of rotatable bonds is 9. The number of sulfonamides is 1. The molecule has 1 aliphatic rings. The molecule has 10 nitrogen and oxygen atoms in total. The molecule has 1 amide bonds. The molecule has 2 unspecified atom stereocenters. The number of nitrogens with one attached hydrogen (secondary N) is 1. The first kappa shape index (κ1) is 29.1. The van der Waals surface area contributed by atoms with Crippen LogP contribution in [-0.4, -0.2) is 61.1 Å². The van der Waals surface area contributed by atoms with Crippen LogP contribution < -0.4 is 20.1 Å². The lowest BCUT2D eigenvalue weighted by Gasteiger charge is -2.35. The number of carbonyl (C=O) groups excluding carboxylic acids is 1. The minimum atomic E-state index is -4.41. The third-order valence-electron chi connectivity index (χ3n) is 6.20. The number of pyridine rings is 3. The van der Waals surface area contributed by atoms with Crippen molar-refractivity contribution in [2.24, 2.45) is 5.92 Å². The number of nitrogen functional groups attached to an aromatic ring is 1. The first-order valence-electron chi connectivity index (χ1n) is 12.6. The van der Waals surface area contributed by atoms with E-state index in [2.05, 4.69) is 15.0 Å². The summed E-state index contributed by atoms with van der Waals surface area (Å²) in [4.78, 5) is 27.4. The number of anilines is 2. The molecular weight excluding hydrogens is 549 g/mol. The van der Waals surface area contributed by atoms with Crippen LogP contribution in [0.15, 0.2) is 53.7 Å². The Morgan fingerprint density at radius 2 is 1.90 bits per heavy atom.